The van der Waals surface area contributed by atoms with Gasteiger partial charge in [-0.3, -0.25) is 4.79 Å². The smallest absolute Gasteiger partial charge is 0.211 e. The van der Waals surface area contributed by atoms with E-state index in [1.165, 1.54) is 20.2 Å². The molecule has 0 aliphatic carbocycles. The van der Waals surface area contributed by atoms with E-state index in [1.54, 1.807) is 11.3 Å². The molecule has 3 heteroatoms. The van der Waals surface area contributed by atoms with Crippen molar-refractivity contribution in [1.29, 1.82) is 0 Å². The van der Waals surface area contributed by atoms with Gasteiger partial charge in [0.05, 0.1) is 0 Å². The first-order chi connectivity index (χ1) is 7.88. The summed E-state index contributed by atoms with van der Waals surface area (Å²) < 4.78 is 2.48. The number of carbonyl (C=O) groups is 1. The maximum absolute atomic E-state index is 10.4. The summed E-state index contributed by atoms with van der Waals surface area (Å²) in [6.07, 6.45) is 0.703. The molecule has 0 saturated heterocycles. The number of rotatable bonds is 2. The molecule has 1 aromatic heterocycles. The van der Waals surface area contributed by atoms with Crippen LogP contribution in [0.1, 0.15) is 0 Å². The highest BCUT2D eigenvalue weighted by molar-refractivity contribution is 7.25. The van der Waals surface area contributed by atoms with Crippen LogP contribution in [0.5, 0.6) is 0 Å². The molecule has 1 amide bonds. The zero-order valence-electron chi connectivity index (χ0n) is 8.44. The molecule has 2 aromatic carbocycles. The van der Waals surface area contributed by atoms with Gasteiger partial charge in [0.2, 0.25) is 6.41 Å². The average molecular weight is 227 g/mol. The van der Waals surface area contributed by atoms with Crippen LogP contribution in [0.3, 0.4) is 0 Å². The molecule has 16 heavy (non-hydrogen) atoms. The summed E-state index contributed by atoms with van der Waals surface area (Å²) in [5.41, 5.74) is 0.842. The second-order valence-electron chi connectivity index (χ2n) is 3.57. The van der Waals surface area contributed by atoms with Crippen LogP contribution in [0.4, 0.5) is 5.69 Å². The summed E-state index contributed by atoms with van der Waals surface area (Å²) in [6, 6.07) is 14.3. The number of fused-ring (bicyclic) bond motifs is 3. The van der Waals surface area contributed by atoms with Crippen LogP contribution in [0.15, 0.2) is 42.5 Å². The molecule has 0 spiro atoms. The average Bonchev–Trinajstić information content (AvgIpc) is 2.67. The van der Waals surface area contributed by atoms with Crippen LogP contribution in [-0.4, -0.2) is 6.41 Å². The van der Waals surface area contributed by atoms with Gasteiger partial charge < -0.3 is 5.32 Å². The minimum absolute atomic E-state index is 0.703. The monoisotopic (exact) mass is 227 g/mol. The molecule has 0 atom stereocenters. The molecule has 0 aliphatic heterocycles. The Labute approximate surface area is 96.5 Å². The molecule has 3 aromatic rings. The summed E-state index contributed by atoms with van der Waals surface area (Å²) in [7, 11) is 0. The first-order valence-corrected chi connectivity index (χ1v) is 5.81. The Bertz CT molecular complexity index is 672. The highest BCUT2D eigenvalue weighted by Gasteiger charge is 2.04. The molecular formula is C13H9NOS. The quantitative estimate of drug-likeness (QED) is 0.665. The first kappa shape index (κ1) is 9.36. The van der Waals surface area contributed by atoms with E-state index in [4.69, 9.17) is 0 Å². The van der Waals surface area contributed by atoms with Crippen molar-refractivity contribution >= 4 is 43.6 Å². The fourth-order valence-corrected chi connectivity index (χ4v) is 3.03. The van der Waals surface area contributed by atoms with Gasteiger partial charge in [-0.15, -0.1) is 11.3 Å². The molecule has 0 saturated carbocycles. The SMILES string of the molecule is O=CNc1ccc2c(c1)sc1ccccc12. The van der Waals surface area contributed by atoms with Crippen molar-refractivity contribution in [3.8, 4) is 0 Å². The van der Waals surface area contributed by atoms with E-state index >= 15 is 0 Å². The molecule has 1 heterocycles. The fourth-order valence-electron chi connectivity index (χ4n) is 1.88. The molecule has 0 bridgehead atoms. The van der Waals surface area contributed by atoms with Crippen molar-refractivity contribution < 1.29 is 4.79 Å². The number of anilines is 1. The molecular weight excluding hydrogens is 218 g/mol. The van der Waals surface area contributed by atoms with E-state index in [0.29, 0.717) is 6.41 Å². The lowest BCUT2D eigenvalue weighted by Crippen LogP contribution is -1.91. The van der Waals surface area contributed by atoms with Gasteiger partial charge in [-0.2, -0.15) is 0 Å². The Kier molecular flexibility index (Phi) is 2.11. The Morgan fingerprint density at radius 2 is 1.81 bits per heavy atom. The summed E-state index contributed by atoms with van der Waals surface area (Å²) in [4.78, 5) is 10.4. The van der Waals surface area contributed by atoms with Gasteiger partial charge in [0.15, 0.2) is 0 Å². The maximum atomic E-state index is 10.4. The summed E-state index contributed by atoms with van der Waals surface area (Å²) in [6.45, 7) is 0. The van der Waals surface area contributed by atoms with Crippen molar-refractivity contribution in [2.45, 2.75) is 0 Å². The van der Waals surface area contributed by atoms with Crippen LogP contribution in [0, 0.1) is 0 Å². The number of nitrogens with one attached hydrogen (secondary N) is 1. The van der Waals surface area contributed by atoms with Crippen LogP contribution in [0.2, 0.25) is 0 Å². The van der Waals surface area contributed by atoms with Gasteiger partial charge in [-0.25, -0.2) is 0 Å². The number of carbonyl (C=O) groups excluding carboxylic acids is 1. The Hall–Kier alpha value is -1.87. The number of hydrogen-bond acceptors (Lipinski definition) is 2. The second kappa shape index (κ2) is 3.61. The van der Waals surface area contributed by atoms with Crippen LogP contribution in [0.25, 0.3) is 20.2 Å². The minimum Gasteiger partial charge on any atom is -0.329 e. The van der Waals surface area contributed by atoms with Gasteiger partial charge >= 0.3 is 0 Å². The lowest BCUT2D eigenvalue weighted by molar-refractivity contribution is -0.105. The van der Waals surface area contributed by atoms with E-state index in [2.05, 4.69) is 23.5 Å². The molecule has 0 aliphatic rings. The summed E-state index contributed by atoms with van der Waals surface area (Å²) in [5.74, 6) is 0. The normalized spacial score (nSPS) is 10.8. The standard InChI is InChI=1S/C13H9NOS/c15-8-14-9-5-6-11-10-3-1-2-4-12(10)16-13(11)7-9/h1-8H,(H,14,15). The molecule has 3 rings (SSSR count). The van der Waals surface area contributed by atoms with Crippen LogP contribution < -0.4 is 5.32 Å². The third kappa shape index (κ3) is 1.37. The number of benzene rings is 2. The zero-order valence-corrected chi connectivity index (χ0v) is 9.25. The predicted octanol–water partition coefficient (Wildman–Crippen LogP) is 3.62. The molecule has 1 N–H and O–H groups in total. The van der Waals surface area contributed by atoms with E-state index in [-0.39, 0.29) is 0 Å². The number of hydrogen-bond donors (Lipinski definition) is 1. The predicted molar refractivity (Wildman–Crippen MR) is 69.0 cm³/mol. The van der Waals surface area contributed by atoms with Crippen molar-refractivity contribution in [2.75, 3.05) is 5.32 Å². The van der Waals surface area contributed by atoms with Crippen molar-refractivity contribution in [3.05, 3.63) is 42.5 Å². The third-order valence-corrected chi connectivity index (χ3v) is 3.74. The van der Waals surface area contributed by atoms with Gasteiger partial charge in [-0.1, -0.05) is 24.3 Å². The van der Waals surface area contributed by atoms with E-state index in [0.717, 1.165) is 5.69 Å². The van der Waals surface area contributed by atoms with Gasteiger partial charge in [0, 0.05) is 25.9 Å². The number of thiophene rings is 1. The number of amides is 1. The first-order valence-electron chi connectivity index (χ1n) is 5.00. The summed E-state index contributed by atoms with van der Waals surface area (Å²) in [5, 5.41) is 5.20. The third-order valence-electron chi connectivity index (χ3n) is 2.60. The Morgan fingerprint density at radius 1 is 1.00 bits per heavy atom. The van der Waals surface area contributed by atoms with E-state index < -0.39 is 0 Å². The van der Waals surface area contributed by atoms with E-state index in [1.807, 2.05) is 24.3 Å². The molecule has 78 valence electrons. The zero-order chi connectivity index (χ0) is 11.0. The van der Waals surface area contributed by atoms with Crippen molar-refractivity contribution in [1.82, 2.24) is 0 Å². The highest BCUT2D eigenvalue weighted by atomic mass is 32.1. The van der Waals surface area contributed by atoms with Crippen molar-refractivity contribution in [2.24, 2.45) is 0 Å². The van der Waals surface area contributed by atoms with Gasteiger partial charge in [0.1, 0.15) is 0 Å². The van der Waals surface area contributed by atoms with Crippen LogP contribution in [-0.2, 0) is 4.79 Å². The molecule has 0 unspecified atom stereocenters. The van der Waals surface area contributed by atoms with Gasteiger partial charge in [-0.05, 0) is 18.2 Å². The van der Waals surface area contributed by atoms with Gasteiger partial charge in [0.25, 0.3) is 0 Å². The Balaban J connectivity index is 2.32. The molecule has 0 radical (unpaired) electrons. The molecule has 2 nitrogen and oxygen atoms in total. The lowest BCUT2D eigenvalue weighted by atomic mass is 10.1. The highest BCUT2D eigenvalue weighted by Crippen LogP contribution is 2.34. The molecule has 0 fully saturated rings. The largest absolute Gasteiger partial charge is 0.329 e. The van der Waals surface area contributed by atoms with E-state index in [9.17, 15) is 4.79 Å². The second-order valence-corrected chi connectivity index (χ2v) is 4.66. The maximum Gasteiger partial charge on any atom is 0.211 e. The topological polar surface area (TPSA) is 29.1 Å². The fraction of sp³-hybridized carbons (Fsp3) is 0. The van der Waals surface area contributed by atoms with Crippen LogP contribution >= 0.6 is 11.3 Å². The van der Waals surface area contributed by atoms with Crippen molar-refractivity contribution in [3.63, 3.8) is 0 Å². The Morgan fingerprint density at radius 3 is 2.69 bits per heavy atom. The minimum atomic E-state index is 0.703. The lowest BCUT2D eigenvalue weighted by Gasteiger charge is -1.97. The summed E-state index contributed by atoms with van der Waals surface area (Å²) >= 11 is 1.75.